The highest BCUT2D eigenvalue weighted by atomic mass is 35.5. The molecule has 1 aromatic heterocycles. The number of hydrogen-bond acceptors (Lipinski definition) is 2. The Bertz CT molecular complexity index is 492. The van der Waals surface area contributed by atoms with Gasteiger partial charge in [0.2, 0.25) is 0 Å². The van der Waals surface area contributed by atoms with E-state index in [9.17, 15) is 0 Å². The van der Waals surface area contributed by atoms with Crippen molar-refractivity contribution in [1.82, 2.24) is 5.32 Å². The molecule has 0 radical (unpaired) electrons. The number of nitrogens with one attached hydrogen (secondary N) is 1. The summed E-state index contributed by atoms with van der Waals surface area (Å²) in [5.41, 5.74) is 2.29. The van der Waals surface area contributed by atoms with Crippen LogP contribution in [0.2, 0.25) is 5.02 Å². The number of halogens is 1. The summed E-state index contributed by atoms with van der Waals surface area (Å²) in [5.74, 6) is 0.979. The average Bonchev–Trinajstić information content (AvgIpc) is 2.75. The maximum atomic E-state index is 6.17. The van der Waals surface area contributed by atoms with E-state index in [0.29, 0.717) is 0 Å². The van der Waals surface area contributed by atoms with Crippen LogP contribution < -0.4 is 5.32 Å². The molecule has 17 heavy (non-hydrogen) atoms. The van der Waals surface area contributed by atoms with Crippen LogP contribution in [-0.4, -0.2) is 7.05 Å². The number of benzene rings is 1. The van der Waals surface area contributed by atoms with Gasteiger partial charge < -0.3 is 9.73 Å². The Balaban J connectivity index is 2.22. The molecule has 0 aliphatic rings. The van der Waals surface area contributed by atoms with Crippen LogP contribution in [0.25, 0.3) is 0 Å². The van der Waals surface area contributed by atoms with E-state index in [1.54, 1.807) is 6.26 Å². The van der Waals surface area contributed by atoms with Gasteiger partial charge >= 0.3 is 0 Å². The zero-order valence-corrected chi connectivity index (χ0v) is 10.8. The van der Waals surface area contributed by atoms with Crippen LogP contribution in [0.5, 0.6) is 0 Å². The highest BCUT2D eigenvalue weighted by molar-refractivity contribution is 6.31. The van der Waals surface area contributed by atoms with Crippen LogP contribution in [0.1, 0.15) is 22.9 Å². The zero-order chi connectivity index (χ0) is 12.3. The van der Waals surface area contributed by atoms with E-state index in [2.05, 4.69) is 12.2 Å². The van der Waals surface area contributed by atoms with E-state index in [-0.39, 0.29) is 6.04 Å². The zero-order valence-electron chi connectivity index (χ0n) is 10.0. The SMILES string of the molecule is CNC(Cc1ccccc1Cl)c1occc1C. The van der Waals surface area contributed by atoms with Gasteiger partial charge in [-0.15, -0.1) is 0 Å². The lowest BCUT2D eigenvalue weighted by Gasteiger charge is -2.15. The Morgan fingerprint density at radius 2 is 2.06 bits per heavy atom. The lowest BCUT2D eigenvalue weighted by Crippen LogP contribution is -2.19. The summed E-state index contributed by atoms with van der Waals surface area (Å²) in [5, 5.41) is 4.07. The first-order chi connectivity index (χ1) is 8.22. The van der Waals surface area contributed by atoms with Crippen molar-refractivity contribution in [2.75, 3.05) is 7.05 Å². The molecule has 0 aliphatic carbocycles. The number of hydrogen-bond donors (Lipinski definition) is 1. The molecule has 1 atom stereocenters. The molecule has 0 amide bonds. The van der Waals surface area contributed by atoms with Crippen LogP contribution in [0.4, 0.5) is 0 Å². The van der Waals surface area contributed by atoms with Gasteiger partial charge in [0.15, 0.2) is 0 Å². The van der Waals surface area contributed by atoms with Crippen LogP contribution in [0.15, 0.2) is 41.0 Å². The minimum atomic E-state index is 0.157. The van der Waals surface area contributed by atoms with Gasteiger partial charge in [0.1, 0.15) is 5.76 Å². The van der Waals surface area contributed by atoms with Crippen LogP contribution >= 0.6 is 11.6 Å². The third kappa shape index (κ3) is 2.71. The first-order valence-corrected chi connectivity index (χ1v) is 6.05. The summed E-state index contributed by atoms with van der Waals surface area (Å²) in [4.78, 5) is 0. The Kier molecular flexibility index (Phi) is 3.87. The molecule has 0 saturated carbocycles. The molecule has 2 rings (SSSR count). The van der Waals surface area contributed by atoms with Crippen molar-refractivity contribution >= 4 is 11.6 Å². The summed E-state index contributed by atoms with van der Waals surface area (Å²) < 4.78 is 5.52. The van der Waals surface area contributed by atoms with Crippen molar-refractivity contribution in [1.29, 1.82) is 0 Å². The Morgan fingerprint density at radius 1 is 1.29 bits per heavy atom. The third-order valence-corrected chi connectivity index (χ3v) is 3.32. The first kappa shape index (κ1) is 12.2. The molecule has 2 aromatic rings. The molecule has 90 valence electrons. The van der Waals surface area contributed by atoms with E-state index in [4.69, 9.17) is 16.0 Å². The van der Waals surface area contributed by atoms with Crippen molar-refractivity contribution < 1.29 is 4.42 Å². The topological polar surface area (TPSA) is 25.2 Å². The Labute approximate surface area is 107 Å². The highest BCUT2D eigenvalue weighted by Crippen LogP contribution is 2.25. The van der Waals surface area contributed by atoms with Gasteiger partial charge in [0.25, 0.3) is 0 Å². The van der Waals surface area contributed by atoms with E-state index in [0.717, 1.165) is 28.3 Å². The predicted octanol–water partition coefficient (Wildman–Crippen LogP) is 3.74. The quantitative estimate of drug-likeness (QED) is 0.893. The second-order valence-corrected chi connectivity index (χ2v) is 4.51. The summed E-state index contributed by atoms with van der Waals surface area (Å²) in [6, 6.07) is 10.0. The molecule has 0 bridgehead atoms. The lowest BCUT2D eigenvalue weighted by atomic mass is 10.0. The van der Waals surface area contributed by atoms with Crippen molar-refractivity contribution in [2.45, 2.75) is 19.4 Å². The second kappa shape index (κ2) is 5.39. The van der Waals surface area contributed by atoms with Gasteiger partial charge in [-0.05, 0) is 43.7 Å². The molecule has 1 aromatic carbocycles. The van der Waals surface area contributed by atoms with Crippen molar-refractivity contribution in [3.63, 3.8) is 0 Å². The molecule has 2 nitrogen and oxygen atoms in total. The summed E-state index contributed by atoms with van der Waals surface area (Å²) in [6.07, 6.45) is 2.55. The fourth-order valence-electron chi connectivity index (χ4n) is 1.95. The van der Waals surface area contributed by atoms with Gasteiger partial charge in [-0.1, -0.05) is 29.8 Å². The van der Waals surface area contributed by atoms with Crippen molar-refractivity contribution in [2.24, 2.45) is 0 Å². The normalized spacial score (nSPS) is 12.6. The number of furan rings is 1. The maximum absolute atomic E-state index is 6.17. The molecule has 3 heteroatoms. The molecule has 0 aliphatic heterocycles. The van der Waals surface area contributed by atoms with Crippen LogP contribution in [-0.2, 0) is 6.42 Å². The van der Waals surface area contributed by atoms with Crippen LogP contribution in [0.3, 0.4) is 0 Å². The van der Waals surface area contributed by atoms with Gasteiger partial charge in [-0.25, -0.2) is 0 Å². The van der Waals surface area contributed by atoms with E-state index >= 15 is 0 Å². The maximum Gasteiger partial charge on any atom is 0.123 e. The van der Waals surface area contributed by atoms with Gasteiger partial charge in [-0.2, -0.15) is 0 Å². The van der Waals surface area contributed by atoms with Gasteiger partial charge in [0, 0.05) is 5.02 Å². The van der Waals surface area contributed by atoms with Gasteiger partial charge in [0.05, 0.1) is 12.3 Å². The standard InChI is InChI=1S/C14H16ClNO/c1-10-7-8-17-14(10)13(16-2)9-11-5-3-4-6-12(11)15/h3-8,13,16H,9H2,1-2H3. The molecular formula is C14H16ClNO. The lowest BCUT2D eigenvalue weighted by molar-refractivity contribution is 0.426. The minimum absolute atomic E-state index is 0.157. The Hall–Kier alpha value is -1.25. The van der Waals surface area contributed by atoms with Crippen molar-refractivity contribution in [3.05, 3.63) is 58.5 Å². The summed E-state index contributed by atoms with van der Waals surface area (Å²) >= 11 is 6.17. The number of aryl methyl sites for hydroxylation is 1. The van der Waals surface area contributed by atoms with Crippen LogP contribution in [0, 0.1) is 6.92 Å². The third-order valence-electron chi connectivity index (χ3n) is 2.95. The van der Waals surface area contributed by atoms with E-state index in [1.165, 1.54) is 0 Å². The molecule has 1 heterocycles. The van der Waals surface area contributed by atoms with Crippen molar-refractivity contribution in [3.8, 4) is 0 Å². The highest BCUT2D eigenvalue weighted by Gasteiger charge is 2.16. The smallest absolute Gasteiger partial charge is 0.123 e. The summed E-state index contributed by atoms with van der Waals surface area (Å²) in [7, 11) is 1.93. The molecular weight excluding hydrogens is 234 g/mol. The molecule has 0 spiro atoms. The first-order valence-electron chi connectivity index (χ1n) is 5.67. The molecule has 1 N–H and O–H groups in total. The molecule has 1 unspecified atom stereocenters. The predicted molar refractivity (Wildman–Crippen MR) is 70.4 cm³/mol. The molecule has 0 fully saturated rings. The Morgan fingerprint density at radius 3 is 2.65 bits per heavy atom. The van der Waals surface area contributed by atoms with E-state index < -0.39 is 0 Å². The minimum Gasteiger partial charge on any atom is -0.467 e. The molecule has 0 saturated heterocycles. The van der Waals surface area contributed by atoms with Gasteiger partial charge in [-0.3, -0.25) is 0 Å². The fourth-order valence-corrected chi connectivity index (χ4v) is 2.16. The average molecular weight is 250 g/mol. The summed E-state index contributed by atoms with van der Waals surface area (Å²) in [6.45, 7) is 2.05. The second-order valence-electron chi connectivity index (χ2n) is 4.10. The monoisotopic (exact) mass is 249 g/mol. The fraction of sp³-hybridized carbons (Fsp3) is 0.286. The largest absolute Gasteiger partial charge is 0.467 e. The number of likely N-dealkylation sites (N-methyl/N-ethyl adjacent to an activating group) is 1. The number of rotatable bonds is 4. The van der Waals surface area contributed by atoms with E-state index in [1.807, 2.05) is 37.4 Å².